The number of furan rings is 1. The minimum Gasteiger partial charge on any atom is -0.507 e. The topological polar surface area (TPSA) is 41.1 Å². The van der Waals surface area contributed by atoms with E-state index in [4.69, 9.17) is 4.42 Å². The van der Waals surface area contributed by atoms with Crippen LogP contribution in [0.15, 0.2) is 65.1 Å². The third-order valence-electron chi connectivity index (χ3n) is 5.68. The van der Waals surface area contributed by atoms with Crippen molar-refractivity contribution in [3.63, 3.8) is 0 Å². The quantitative estimate of drug-likeness (QED) is 0.575. The predicted octanol–water partition coefficient (Wildman–Crippen LogP) is 3.34. The Labute approximate surface area is 162 Å². The first-order valence-corrected chi connectivity index (χ1v) is 9.65. The second-order valence-corrected chi connectivity index (χ2v) is 7.44. The fourth-order valence-electron chi connectivity index (χ4n) is 4.16. The van der Waals surface area contributed by atoms with Crippen LogP contribution in [-0.2, 0) is 6.54 Å². The molecule has 1 aliphatic heterocycles. The monoisotopic (exact) mass is 377 g/mol. The molecule has 4 aromatic rings. The van der Waals surface area contributed by atoms with Crippen molar-refractivity contribution in [1.82, 2.24) is 0 Å². The first-order valence-electron chi connectivity index (χ1n) is 9.65. The molecule has 0 bridgehead atoms. The van der Waals surface area contributed by atoms with Crippen molar-refractivity contribution < 1.29 is 18.8 Å². The number of fused-ring (bicyclic) bond motifs is 3. The van der Waals surface area contributed by atoms with Gasteiger partial charge in [0.05, 0.1) is 37.4 Å². The molecule has 3 aromatic carbocycles. The van der Waals surface area contributed by atoms with Gasteiger partial charge in [-0.1, -0.05) is 30.3 Å². The highest BCUT2D eigenvalue weighted by molar-refractivity contribution is 6.05. The van der Waals surface area contributed by atoms with E-state index in [0.717, 1.165) is 60.2 Å². The number of phenolic OH excluding ortho intramolecular Hbond substituents is 1. The minimum atomic E-state index is -0.168. The molecule has 2 heterocycles. The first-order chi connectivity index (χ1) is 13.7. The summed E-state index contributed by atoms with van der Waals surface area (Å²) >= 11 is 0. The van der Waals surface area contributed by atoms with E-state index < -0.39 is 0 Å². The molecular formula is C23H22FN2O2+. The van der Waals surface area contributed by atoms with Gasteiger partial charge in [0.1, 0.15) is 29.3 Å². The number of para-hydroxylation sites is 2. The van der Waals surface area contributed by atoms with Crippen molar-refractivity contribution in [2.75, 3.05) is 31.1 Å². The molecule has 2 N–H and O–H groups in total. The maximum Gasteiger partial charge on any atom is 0.146 e. The fraction of sp³-hybridized carbons (Fsp3) is 0.217. The summed E-state index contributed by atoms with van der Waals surface area (Å²) in [6.07, 6.45) is 0. The molecule has 1 aromatic heterocycles. The molecule has 1 aliphatic rings. The summed E-state index contributed by atoms with van der Waals surface area (Å²) in [4.78, 5) is 3.47. The van der Waals surface area contributed by atoms with Crippen LogP contribution in [0.2, 0.25) is 0 Å². The number of hydrogen-bond donors (Lipinski definition) is 2. The SMILES string of the molecule is Oc1cc2c(cc1C[NH+]1CCN(c3ccccc3F)CC1)oc1ccccc12. The molecule has 142 valence electrons. The van der Waals surface area contributed by atoms with Gasteiger partial charge in [0, 0.05) is 10.8 Å². The second kappa shape index (κ2) is 6.84. The third-order valence-corrected chi connectivity index (χ3v) is 5.68. The molecule has 5 rings (SSSR count). The van der Waals surface area contributed by atoms with Gasteiger partial charge in [0.15, 0.2) is 0 Å². The van der Waals surface area contributed by atoms with Crippen LogP contribution in [-0.4, -0.2) is 31.3 Å². The normalized spacial score (nSPS) is 15.5. The first kappa shape index (κ1) is 17.1. The van der Waals surface area contributed by atoms with Crippen LogP contribution < -0.4 is 9.80 Å². The number of hydrogen-bond acceptors (Lipinski definition) is 3. The molecule has 1 saturated heterocycles. The Bertz CT molecular complexity index is 1150. The number of rotatable bonds is 3. The Kier molecular flexibility index (Phi) is 4.17. The van der Waals surface area contributed by atoms with Crippen molar-refractivity contribution in [2.24, 2.45) is 0 Å². The van der Waals surface area contributed by atoms with Gasteiger partial charge >= 0.3 is 0 Å². The van der Waals surface area contributed by atoms with Crippen molar-refractivity contribution in [3.05, 3.63) is 72.0 Å². The number of nitrogens with one attached hydrogen (secondary N) is 1. The summed E-state index contributed by atoms with van der Waals surface area (Å²) < 4.78 is 20.0. The van der Waals surface area contributed by atoms with Crippen LogP contribution in [0.4, 0.5) is 10.1 Å². The van der Waals surface area contributed by atoms with Gasteiger partial charge in [-0.2, -0.15) is 0 Å². The summed E-state index contributed by atoms with van der Waals surface area (Å²) in [7, 11) is 0. The van der Waals surface area contributed by atoms with E-state index in [1.165, 1.54) is 11.0 Å². The third kappa shape index (κ3) is 2.98. The Hall–Kier alpha value is -3.05. The molecule has 0 aliphatic carbocycles. The van der Waals surface area contributed by atoms with Crippen LogP contribution in [0.3, 0.4) is 0 Å². The van der Waals surface area contributed by atoms with Gasteiger partial charge in [-0.15, -0.1) is 0 Å². The Morgan fingerprint density at radius 1 is 0.929 bits per heavy atom. The van der Waals surface area contributed by atoms with Crippen LogP contribution in [0, 0.1) is 5.82 Å². The predicted molar refractivity (Wildman–Crippen MR) is 108 cm³/mol. The maximum absolute atomic E-state index is 14.0. The summed E-state index contributed by atoms with van der Waals surface area (Å²) in [5.41, 5.74) is 3.20. The molecule has 0 saturated carbocycles. The van der Waals surface area contributed by atoms with E-state index in [1.54, 1.807) is 6.07 Å². The van der Waals surface area contributed by atoms with Crippen molar-refractivity contribution in [1.29, 1.82) is 0 Å². The summed E-state index contributed by atoms with van der Waals surface area (Å²) in [6, 6.07) is 18.6. The van der Waals surface area contributed by atoms with Gasteiger partial charge in [-0.05, 0) is 30.3 Å². The molecule has 1 fully saturated rings. The van der Waals surface area contributed by atoms with Crippen molar-refractivity contribution >= 4 is 27.6 Å². The van der Waals surface area contributed by atoms with E-state index in [1.807, 2.05) is 48.5 Å². The highest BCUT2D eigenvalue weighted by Gasteiger charge is 2.23. The highest BCUT2D eigenvalue weighted by atomic mass is 19.1. The Morgan fingerprint density at radius 2 is 1.68 bits per heavy atom. The van der Waals surface area contributed by atoms with E-state index in [-0.39, 0.29) is 5.82 Å². The molecule has 0 amide bonds. The zero-order valence-electron chi connectivity index (χ0n) is 15.5. The summed E-state index contributed by atoms with van der Waals surface area (Å²) in [5, 5.41) is 12.5. The lowest BCUT2D eigenvalue weighted by molar-refractivity contribution is -0.914. The van der Waals surface area contributed by atoms with Crippen LogP contribution >= 0.6 is 0 Å². The molecule has 5 heteroatoms. The van der Waals surface area contributed by atoms with Crippen LogP contribution in [0.5, 0.6) is 5.75 Å². The summed E-state index contributed by atoms with van der Waals surface area (Å²) in [6.45, 7) is 4.11. The molecule has 0 atom stereocenters. The van der Waals surface area contributed by atoms with Gasteiger partial charge in [-0.3, -0.25) is 0 Å². The van der Waals surface area contributed by atoms with Crippen molar-refractivity contribution in [2.45, 2.75) is 6.54 Å². The number of quaternary nitrogens is 1. The van der Waals surface area contributed by atoms with Gasteiger partial charge < -0.3 is 19.3 Å². The number of nitrogens with zero attached hydrogens (tertiary/aromatic N) is 1. The zero-order valence-corrected chi connectivity index (χ0v) is 15.5. The number of aromatic hydroxyl groups is 1. The molecule has 28 heavy (non-hydrogen) atoms. The summed E-state index contributed by atoms with van der Waals surface area (Å²) in [5.74, 6) is 0.141. The van der Waals surface area contributed by atoms with E-state index >= 15 is 0 Å². The number of anilines is 1. The average molecular weight is 377 g/mol. The van der Waals surface area contributed by atoms with E-state index in [0.29, 0.717) is 11.4 Å². The molecule has 0 radical (unpaired) electrons. The van der Waals surface area contributed by atoms with E-state index in [9.17, 15) is 9.50 Å². The largest absolute Gasteiger partial charge is 0.507 e. The molecule has 4 nitrogen and oxygen atoms in total. The number of benzene rings is 3. The van der Waals surface area contributed by atoms with Gasteiger partial charge in [0.25, 0.3) is 0 Å². The lowest BCUT2D eigenvalue weighted by atomic mass is 10.1. The Morgan fingerprint density at radius 3 is 2.50 bits per heavy atom. The molecule has 0 unspecified atom stereocenters. The van der Waals surface area contributed by atoms with Gasteiger partial charge in [-0.25, -0.2) is 4.39 Å². The fourth-order valence-corrected chi connectivity index (χ4v) is 4.16. The number of halogens is 1. The van der Waals surface area contributed by atoms with E-state index in [2.05, 4.69) is 4.90 Å². The molecular weight excluding hydrogens is 355 g/mol. The second-order valence-electron chi connectivity index (χ2n) is 7.44. The number of phenols is 1. The molecule has 0 spiro atoms. The minimum absolute atomic E-state index is 0.168. The lowest BCUT2D eigenvalue weighted by Gasteiger charge is -2.33. The zero-order chi connectivity index (χ0) is 19.1. The smallest absolute Gasteiger partial charge is 0.146 e. The lowest BCUT2D eigenvalue weighted by Crippen LogP contribution is -3.13. The van der Waals surface area contributed by atoms with Gasteiger partial charge in [0.2, 0.25) is 0 Å². The maximum atomic E-state index is 14.0. The van der Waals surface area contributed by atoms with Crippen molar-refractivity contribution in [3.8, 4) is 5.75 Å². The standard InChI is InChI=1S/C23H21FN2O2/c24-19-6-2-3-7-20(19)26-11-9-25(10-12-26)15-16-13-23-18(14-21(16)27)17-5-1-4-8-22(17)28-23/h1-8,13-14,27H,9-12,15H2/p+1. The van der Waals surface area contributed by atoms with Crippen LogP contribution in [0.1, 0.15) is 5.56 Å². The average Bonchev–Trinajstić information content (AvgIpc) is 3.07. The van der Waals surface area contributed by atoms with Crippen LogP contribution in [0.25, 0.3) is 21.9 Å². The number of piperazine rings is 1. The highest BCUT2D eigenvalue weighted by Crippen LogP contribution is 2.33. The Balaban J connectivity index is 1.34.